The zero-order valence-corrected chi connectivity index (χ0v) is 13.2. The number of amides is 2. The van der Waals surface area contributed by atoms with Crippen molar-refractivity contribution in [2.24, 2.45) is 5.92 Å². The molecule has 0 aromatic rings. The van der Waals surface area contributed by atoms with Crippen LogP contribution in [0.3, 0.4) is 0 Å². The lowest BCUT2D eigenvalue weighted by Gasteiger charge is -2.17. The topological polar surface area (TPSA) is 78.4 Å². The van der Waals surface area contributed by atoms with Crippen molar-refractivity contribution in [1.82, 2.24) is 10.6 Å². The van der Waals surface area contributed by atoms with Crippen LogP contribution in [0, 0.1) is 18.3 Å². The standard InChI is InChI=1S/C16H28N2O3/c1-4-7-13(9-10-15(19)20)11-12-17-16(21)18-14(6-3)8-5-2/h3,13-14H,4-5,7-12H2,1-2H3,(H,19,20)(H2,17,18,21). The summed E-state index contributed by atoms with van der Waals surface area (Å²) in [6, 6.07) is -0.478. The van der Waals surface area contributed by atoms with Gasteiger partial charge < -0.3 is 15.7 Å². The third-order valence-electron chi connectivity index (χ3n) is 3.39. The van der Waals surface area contributed by atoms with Crippen LogP contribution in [0.25, 0.3) is 0 Å². The van der Waals surface area contributed by atoms with Crippen molar-refractivity contribution in [1.29, 1.82) is 0 Å². The molecule has 5 nitrogen and oxygen atoms in total. The molecular weight excluding hydrogens is 268 g/mol. The van der Waals surface area contributed by atoms with Gasteiger partial charge in [0.25, 0.3) is 0 Å². The Morgan fingerprint density at radius 2 is 1.81 bits per heavy atom. The molecule has 0 aliphatic carbocycles. The molecule has 0 radical (unpaired) electrons. The molecule has 2 amide bonds. The summed E-state index contributed by atoms with van der Waals surface area (Å²) in [4.78, 5) is 22.3. The molecule has 0 aliphatic rings. The molecule has 2 unspecified atom stereocenters. The van der Waals surface area contributed by atoms with Gasteiger partial charge in [-0.05, 0) is 25.2 Å². The van der Waals surface area contributed by atoms with Gasteiger partial charge in [0.2, 0.25) is 0 Å². The van der Waals surface area contributed by atoms with E-state index in [0.29, 0.717) is 18.9 Å². The largest absolute Gasteiger partial charge is 0.481 e. The molecule has 3 N–H and O–H groups in total. The Balaban J connectivity index is 3.98. The molecule has 0 heterocycles. The summed E-state index contributed by atoms with van der Waals surface area (Å²) < 4.78 is 0. The molecule has 0 aromatic heterocycles. The lowest BCUT2D eigenvalue weighted by atomic mass is 9.94. The smallest absolute Gasteiger partial charge is 0.315 e. The molecule has 0 aliphatic heterocycles. The first-order chi connectivity index (χ1) is 10.0. The number of carbonyl (C=O) groups is 2. The van der Waals surface area contributed by atoms with Crippen molar-refractivity contribution in [2.75, 3.05) is 6.54 Å². The van der Waals surface area contributed by atoms with E-state index < -0.39 is 5.97 Å². The third-order valence-corrected chi connectivity index (χ3v) is 3.39. The number of carbonyl (C=O) groups excluding carboxylic acids is 1. The summed E-state index contributed by atoms with van der Waals surface area (Å²) in [7, 11) is 0. The van der Waals surface area contributed by atoms with Gasteiger partial charge in [-0.15, -0.1) is 6.42 Å². The predicted molar refractivity (Wildman–Crippen MR) is 83.9 cm³/mol. The summed E-state index contributed by atoms with van der Waals surface area (Å²) in [5.41, 5.74) is 0. The van der Waals surface area contributed by atoms with E-state index in [4.69, 9.17) is 11.5 Å². The second-order valence-electron chi connectivity index (χ2n) is 5.28. The first kappa shape index (κ1) is 19.3. The van der Waals surface area contributed by atoms with Crippen LogP contribution in [-0.4, -0.2) is 29.7 Å². The molecule has 0 bridgehead atoms. The van der Waals surface area contributed by atoms with E-state index in [1.165, 1.54) is 0 Å². The fraction of sp³-hybridized carbons (Fsp3) is 0.750. The normalized spacial score (nSPS) is 13.0. The second kappa shape index (κ2) is 12.1. The van der Waals surface area contributed by atoms with E-state index in [1.807, 2.05) is 6.92 Å². The fourth-order valence-electron chi connectivity index (χ4n) is 2.25. The minimum absolute atomic E-state index is 0.187. The number of carboxylic acids is 1. The molecule has 0 spiro atoms. The monoisotopic (exact) mass is 296 g/mol. The SMILES string of the molecule is C#CC(CCC)NC(=O)NCCC(CCC)CCC(=O)O. The number of rotatable bonds is 11. The Morgan fingerprint density at radius 1 is 1.14 bits per heavy atom. The van der Waals surface area contributed by atoms with Crippen molar-refractivity contribution in [3.63, 3.8) is 0 Å². The molecule has 0 saturated heterocycles. The summed E-state index contributed by atoms with van der Waals surface area (Å²) >= 11 is 0. The zero-order valence-electron chi connectivity index (χ0n) is 13.2. The van der Waals surface area contributed by atoms with E-state index >= 15 is 0 Å². The molecule has 0 fully saturated rings. The zero-order chi connectivity index (χ0) is 16.1. The van der Waals surface area contributed by atoms with Crippen LogP contribution in [0.4, 0.5) is 4.79 Å². The molecule has 120 valence electrons. The Kier molecular flexibility index (Phi) is 11.1. The maximum Gasteiger partial charge on any atom is 0.315 e. The van der Waals surface area contributed by atoms with Crippen molar-refractivity contribution < 1.29 is 14.7 Å². The molecular formula is C16H28N2O3. The van der Waals surface area contributed by atoms with Crippen LogP contribution in [0.5, 0.6) is 0 Å². The summed E-state index contributed by atoms with van der Waals surface area (Å²) in [6.45, 7) is 4.64. The minimum atomic E-state index is -0.766. The van der Waals surface area contributed by atoms with Crippen molar-refractivity contribution in [3.8, 4) is 12.3 Å². The van der Waals surface area contributed by atoms with Crippen LogP contribution in [-0.2, 0) is 4.79 Å². The summed E-state index contributed by atoms with van der Waals surface area (Å²) in [5, 5.41) is 14.3. The summed E-state index contributed by atoms with van der Waals surface area (Å²) in [5.74, 6) is 2.12. The Hall–Kier alpha value is -1.70. The number of urea groups is 1. The first-order valence-corrected chi connectivity index (χ1v) is 7.75. The molecule has 5 heteroatoms. The number of nitrogens with one attached hydrogen (secondary N) is 2. The minimum Gasteiger partial charge on any atom is -0.481 e. The van der Waals surface area contributed by atoms with Gasteiger partial charge in [0.15, 0.2) is 0 Å². The Labute approximate surface area is 127 Å². The molecule has 0 aromatic carbocycles. The molecule has 0 rings (SSSR count). The van der Waals surface area contributed by atoms with E-state index in [9.17, 15) is 9.59 Å². The van der Waals surface area contributed by atoms with E-state index in [0.717, 1.165) is 32.1 Å². The van der Waals surface area contributed by atoms with Crippen molar-refractivity contribution >= 4 is 12.0 Å². The maximum atomic E-state index is 11.7. The van der Waals surface area contributed by atoms with Crippen LogP contribution in [0.1, 0.15) is 58.8 Å². The molecule has 21 heavy (non-hydrogen) atoms. The Bertz CT molecular complexity index is 350. The highest BCUT2D eigenvalue weighted by Crippen LogP contribution is 2.17. The predicted octanol–water partition coefficient (Wildman–Crippen LogP) is 2.76. The van der Waals surface area contributed by atoms with Gasteiger partial charge in [-0.3, -0.25) is 4.79 Å². The van der Waals surface area contributed by atoms with Gasteiger partial charge in [0.05, 0.1) is 6.04 Å². The molecule has 2 atom stereocenters. The quantitative estimate of drug-likeness (QED) is 0.513. The van der Waals surface area contributed by atoms with E-state index in [-0.39, 0.29) is 18.5 Å². The number of terminal acetylenes is 1. The number of carboxylic acid groups (broad SMARTS) is 1. The maximum absolute atomic E-state index is 11.7. The number of aliphatic carboxylic acids is 1. The van der Waals surface area contributed by atoms with E-state index in [1.54, 1.807) is 0 Å². The van der Waals surface area contributed by atoms with Gasteiger partial charge in [-0.25, -0.2) is 4.79 Å². The lowest BCUT2D eigenvalue weighted by Crippen LogP contribution is -2.42. The van der Waals surface area contributed by atoms with Crippen molar-refractivity contribution in [3.05, 3.63) is 0 Å². The first-order valence-electron chi connectivity index (χ1n) is 7.75. The van der Waals surface area contributed by atoms with Gasteiger partial charge in [0, 0.05) is 13.0 Å². The summed E-state index contributed by atoms with van der Waals surface area (Å²) in [6.07, 6.45) is 10.7. The van der Waals surface area contributed by atoms with Crippen LogP contribution in [0.2, 0.25) is 0 Å². The van der Waals surface area contributed by atoms with Gasteiger partial charge in [-0.1, -0.05) is 39.0 Å². The highest BCUT2D eigenvalue weighted by Gasteiger charge is 2.12. The molecule has 0 saturated carbocycles. The highest BCUT2D eigenvalue weighted by atomic mass is 16.4. The van der Waals surface area contributed by atoms with Crippen LogP contribution in [0.15, 0.2) is 0 Å². The lowest BCUT2D eigenvalue weighted by molar-refractivity contribution is -0.137. The van der Waals surface area contributed by atoms with Crippen LogP contribution >= 0.6 is 0 Å². The number of hydrogen-bond acceptors (Lipinski definition) is 2. The van der Waals surface area contributed by atoms with Crippen LogP contribution < -0.4 is 10.6 Å². The Morgan fingerprint density at radius 3 is 2.33 bits per heavy atom. The van der Waals surface area contributed by atoms with Gasteiger partial charge in [-0.2, -0.15) is 0 Å². The third kappa shape index (κ3) is 10.7. The number of hydrogen-bond donors (Lipinski definition) is 3. The van der Waals surface area contributed by atoms with E-state index in [2.05, 4.69) is 23.5 Å². The highest BCUT2D eigenvalue weighted by molar-refractivity contribution is 5.74. The second-order valence-corrected chi connectivity index (χ2v) is 5.28. The fourth-order valence-corrected chi connectivity index (χ4v) is 2.25. The average Bonchev–Trinajstić information content (AvgIpc) is 2.44. The van der Waals surface area contributed by atoms with Gasteiger partial charge >= 0.3 is 12.0 Å². The average molecular weight is 296 g/mol. The van der Waals surface area contributed by atoms with Crippen molar-refractivity contribution in [2.45, 2.75) is 64.8 Å². The van der Waals surface area contributed by atoms with Gasteiger partial charge in [0.1, 0.15) is 0 Å².